The Kier molecular flexibility index (Phi) is 7.45. The van der Waals surface area contributed by atoms with Gasteiger partial charge >= 0.3 is 5.97 Å². The van der Waals surface area contributed by atoms with E-state index in [-0.39, 0.29) is 11.8 Å². The minimum absolute atomic E-state index is 0.163. The summed E-state index contributed by atoms with van der Waals surface area (Å²) in [6.45, 7) is 2.10. The van der Waals surface area contributed by atoms with Gasteiger partial charge in [-0.15, -0.1) is 0 Å². The summed E-state index contributed by atoms with van der Waals surface area (Å²) >= 11 is 0. The summed E-state index contributed by atoms with van der Waals surface area (Å²) < 4.78 is 10.4. The van der Waals surface area contributed by atoms with E-state index in [1.165, 1.54) is 7.11 Å². The van der Waals surface area contributed by atoms with Crippen molar-refractivity contribution < 1.29 is 29.6 Å². The molecule has 2 aromatic carbocycles. The number of nitrogens with one attached hydrogen (secondary N) is 1. The third-order valence-electron chi connectivity index (χ3n) is 4.17. The highest BCUT2D eigenvalue weighted by Crippen LogP contribution is 2.28. The summed E-state index contributed by atoms with van der Waals surface area (Å²) in [4.78, 5) is 10.6. The van der Waals surface area contributed by atoms with Gasteiger partial charge in [-0.1, -0.05) is 18.2 Å². The molecule has 0 radical (unpaired) electrons. The molecule has 0 unspecified atom stereocenters. The van der Waals surface area contributed by atoms with Crippen LogP contribution in [0.3, 0.4) is 0 Å². The van der Waals surface area contributed by atoms with Crippen LogP contribution in [0.25, 0.3) is 0 Å². The number of aliphatic hydroxyl groups excluding tert-OH is 1. The van der Waals surface area contributed by atoms with Crippen molar-refractivity contribution in [3.63, 3.8) is 0 Å². The first kappa shape index (κ1) is 20.5. The minimum Gasteiger partial charge on any atom is -0.508 e. The first-order valence-corrected chi connectivity index (χ1v) is 8.62. The molecule has 27 heavy (non-hydrogen) atoms. The van der Waals surface area contributed by atoms with E-state index in [4.69, 9.17) is 14.6 Å². The topological polar surface area (TPSA) is 108 Å². The molecule has 0 bridgehead atoms. The fourth-order valence-corrected chi connectivity index (χ4v) is 2.64. The molecule has 0 aliphatic carbocycles. The summed E-state index contributed by atoms with van der Waals surface area (Å²) in [5.74, 6) is -0.0264. The van der Waals surface area contributed by atoms with E-state index in [2.05, 4.69) is 5.32 Å². The van der Waals surface area contributed by atoms with Crippen molar-refractivity contribution in [2.24, 2.45) is 0 Å². The molecule has 0 amide bonds. The highest BCUT2D eigenvalue weighted by molar-refractivity contribution is 5.68. The Hall–Kier alpha value is -2.77. The lowest BCUT2D eigenvalue weighted by atomic mass is 10.0. The standard InChI is InChI=1S/C20H25NO6/c1-13(20(25)15-4-6-16(22)7-5-15)21-10-9-14-3-8-17(18(11-14)26-2)27-12-19(23)24/h3-8,11,13,20-22,25H,9-10,12H2,1-2H3,(H,23,24)/t13-,20-/m0/s1. The van der Waals surface area contributed by atoms with E-state index >= 15 is 0 Å². The second kappa shape index (κ2) is 9.80. The van der Waals surface area contributed by atoms with Gasteiger partial charge in [-0.05, 0) is 55.3 Å². The number of carbonyl (C=O) groups is 1. The zero-order valence-electron chi connectivity index (χ0n) is 15.4. The highest BCUT2D eigenvalue weighted by Gasteiger charge is 2.16. The number of aliphatic carboxylic acids is 1. The maximum absolute atomic E-state index is 10.6. The molecular formula is C20H25NO6. The molecule has 0 heterocycles. The first-order valence-electron chi connectivity index (χ1n) is 8.62. The summed E-state index contributed by atoms with van der Waals surface area (Å²) in [6, 6.07) is 11.7. The molecule has 0 aromatic heterocycles. The molecule has 2 aromatic rings. The zero-order valence-corrected chi connectivity index (χ0v) is 15.4. The smallest absolute Gasteiger partial charge is 0.341 e. The quantitative estimate of drug-likeness (QED) is 0.504. The Balaban J connectivity index is 1.88. The van der Waals surface area contributed by atoms with Crippen molar-refractivity contribution in [3.8, 4) is 17.2 Å². The summed E-state index contributed by atoms with van der Waals surface area (Å²) in [5.41, 5.74) is 1.72. The van der Waals surface area contributed by atoms with Gasteiger partial charge in [-0.2, -0.15) is 0 Å². The number of carboxylic acids is 1. The van der Waals surface area contributed by atoms with Crippen LogP contribution in [0.1, 0.15) is 24.2 Å². The normalized spacial score (nSPS) is 13.0. The number of rotatable bonds is 10. The first-order chi connectivity index (χ1) is 12.9. The van der Waals surface area contributed by atoms with Crippen molar-refractivity contribution in [2.75, 3.05) is 20.3 Å². The predicted octanol–water partition coefficient (Wildman–Crippen LogP) is 2.12. The number of phenols is 1. The number of hydrogen-bond acceptors (Lipinski definition) is 6. The Morgan fingerprint density at radius 3 is 2.48 bits per heavy atom. The number of methoxy groups -OCH3 is 1. The maximum Gasteiger partial charge on any atom is 0.341 e. The number of ether oxygens (including phenoxy) is 2. The molecule has 4 N–H and O–H groups in total. The zero-order chi connectivity index (χ0) is 19.8. The maximum atomic E-state index is 10.6. The molecule has 7 nitrogen and oxygen atoms in total. The van der Waals surface area contributed by atoms with Crippen molar-refractivity contribution >= 4 is 5.97 Å². The summed E-state index contributed by atoms with van der Waals surface area (Å²) in [5, 5.41) is 31.7. The molecule has 0 fully saturated rings. The number of carboxylic acid groups (broad SMARTS) is 1. The number of aliphatic hydroxyl groups is 1. The van der Waals surface area contributed by atoms with E-state index in [9.17, 15) is 15.0 Å². The second-order valence-electron chi connectivity index (χ2n) is 6.20. The molecule has 7 heteroatoms. The van der Waals surface area contributed by atoms with Gasteiger partial charge in [-0.3, -0.25) is 0 Å². The van der Waals surface area contributed by atoms with Gasteiger partial charge in [0.1, 0.15) is 5.75 Å². The van der Waals surface area contributed by atoms with Crippen molar-refractivity contribution in [1.29, 1.82) is 0 Å². The lowest BCUT2D eigenvalue weighted by Crippen LogP contribution is -2.33. The fraction of sp³-hybridized carbons (Fsp3) is 0.350. The molecule has 2 rings (SSSR count). The van der Waals surface area contributed by atoms with E-state index < -0.39 is 18.7 Å². The van der Waals surface area contributed by atoms with E-state index in [1.807, 2.05) is 13.0 Å². The Morgan fingerprint density at radius 1 is 1.15 bits per heavy atom. The van der Waals surface area contributed by atoms with E-state index in [0.717, 1.165) is 11.1 Å². The summed E-state index contributed by atoms with van der Waals surface area (Å²) in [7, 11) is 1.50. The molecule has 0 saturated heterocycles. The fourth-order valence-electron chi connectivity index (χ4n) is 2.64. The molecule has 2 atom stereocenters. The molecular weight excluding hydrogens is 350 g/mol. The Labute approximate surface area is 158 Å². The van der Waals surface area contributed by atoms with Gasteiger partial charge in [0, 0.05) is 6.04 Å². The second-order valence-corrected chi connectivity index (χ2v) is 6.20. The van der Waals surface area contributed by atoms with Crippen molar-refractivity contribution in [3.05, 3.63) is 53.6 Å². The third-order valence-corrected chi connectivity index (χ3v) is 4.17. The van der Waals surface area contributed by atoms with Gasteiger partial charge < -0.3 is 30.1 Å². The third kappa shape index (κ3) is 6.16. The number of benzene rings is 2. The van der Waals surface area contributed by atoms with E-state index in [1.54, 1.807) is 36.4 Å². The lowest BCUT2D eigenvalue weighted by Gasteiger charge is -2.21. The lowest BCUT2D eigenvalue weighted by molar-refractivity contribution is -0.139. The Morgan fingerprint density at radius 2 is 1.85 bits per heavy atom. The minimum atomic E-state index is -1.05. The van der Waals surface area contributed by atoms with Crippen LogP contribution in [0.2, 0.25) is 0 Å². The highest BCUT2D eigenvalue weighted by atomic mass is 16.5. The largest absolute Gasteiger partial charge is 0.508 e. The van der Waals surface area contributed by atoms with Gasteiger partial charge in [0.15, 0.2) is 18.1 Å². The molecule has 146 valence electrons. The van der Waals surface area contributed by atoms with Crippen molar-refractivity contribution in [2.45, 2.75) is 25.5 Å². The van der Waals surface area contributed by atoms with Gasteiger partial charge in [0.2, 0.25) is 0 Å². The van der Waals surface area contributed by atoms with Gasteiger partial charge in [0.05, 0.1) is 13.2 Å². The molecule has 0 aliphatic rings. The van der Waals surface area contributed by atoms with Crippen LogP contribution in [0.4, 0.5) is 0 Å². The SMILES string of the molecule is COc1cc(CCN[C@@H](C)[C@H](O)c2ccc(O)cc2)ccc1OCC(=O)O. The van der Waals surface area contributed by atoms with Crippen LogP contribution in [-0.2, 0) is 11.2 Å². The predicted molar refractivity (Wildman–Crippen MR) is 100 cm³/mol. The number of phenolic OH excluding ortho intramolecular Hbond substituents is 1. The van der Waals surface area contributed by atoms with Crippen molar-refractivity contribution in [1.82, 2.24) is 5.32 Å². The monoisotopic (exact) mass is 375 g/mol. The number of hydrogen-bond donors (Lipinski definition) is 4. The van der Waals surface area contributed by atoms with E-state index in [0.29, 0.717) is 24.5 Å². The average Bonchev–Trinajstić information content (AvgIpc) is 2.66. The Bertz CT molecular complexity index is 747. The average molecular weight is 375 g/mol. The van der Waals surface area contributed by atoms with Gasteiger partial charge in [0.25, 0.3) is 0 Å². The molecule has 0 spiro atoms. The molecule has 0 aliphatic heterocycles. The number of aromatic hydroxyl groups is 1. The van der Waals surface area contributed by atoms with Crippen LogP contribution in [0.15, 0.2) is 42.5 Å². The van der Waals surface area contributed by atoms with Crippen LogP contribution in [0, 0.1) is 0 Å². The molecule has 0 saturated carbocycles. The van der Waals surface area contributed by atoms with Crippen LogP contribution in [-0.4, -0.2) is 47.6 Å². The van der Waals surface area contributed by atoms with Crippen LogP contribution >= 0.6 is 0 Å². The van der Waals surface area contributed by atoms with Crippen LogP contribution < -0.4 is 14.8 Å². The van der Waals surface area contributed by atoms with Gasteiger partial charge in [-0.25, -0.2) is 4.79 Å². The summed E-state index contributed by atoms with van der Waals surface area (Å²) in [6.07, 6.45) is 0.00861. The van der Waals surface area contributed by atoms with Crippen LogP contribution in [0.5, 0.6) is 17.2 Å².